The average molecular weight is 284 g/mol. The molecule has 0 radical (unpaired) electrons. The van der Waals surface area contributed by atoms with Crippen molar-refractivity contribution in [3.63, 3.8) is 0 Å². The molecule has 0 aliphatic rings. The highest BCUT2D eigenvalue weighted by Crippen LogP contribution is 2.11. The summed E-state index contributed by atoms with van der Waals surface area (Å²) in [5.41, 5.74) is 6.65. The number of nitrogens with two attached hydrogens (primary N) is 1. The third-order valence-corrected chi connectivity index (χ3v) is 3.77. The van der Waals surface area contributed by atoms with Gasteiger partial charge >= 0.3 is 0 Å². The normalized spacial score (nSPS) is 14.7. The lowest BCUT2D eigenvalue weighted by atomic mass is 10.1. The molecular weight excluding hydrogens is 264 g/mol. The van der Waals surface area contributed by atoms with Gasteiger partial charge in [0.2, 0.25) is 5.91 Å². The Hall–Kier alpha value is -1.40. The topological polar surface area (TPSA) is 89.3 Å². The number of carbonyl (C=O) groups excluding carboxylic acids is 1. The Balaban J connectivity index is 2.50. The molecule has 1 aromatic rings. The third-order valence-electron chi connectivity index (χ3n) is 2.79. The number of rotatable bonds is 6. The molecule has 0 saturated heterocycles. The van der Waals surface area contributed by atoms with E-state index in [1.165, 1.54) is 0 Å². The molecule has 0 bridgehead atoms. The van der Waals surface area contributed by atoms with E-state index in [9.17, 15) is 13.2 Å². The van der Waals surface area contributed by atoms with Crippen LogP contribution in [0.5, 0.6) is 0 Å². The van der Waals surface area contributed by atoms with Crippen LogP contribution in [0.1, 0.15) is 24.9 Å². The first-order valence-corrected chi connectivity index (χ1v) is 8.14. The third kappa shape index (κ3) is 5.85. The SMILES string of the molecule is C[C@H](NC(=O)C(N)CCS(C)(=O)=O)c1ccccc1. The van der Waals surface area contributed by atoms with Crippen molar-refractivity contribution < 1.29 is 13.2 Å². The minimum Gasteiger partial charge on any atom is -0.348 e. The molecule has 0 heterocycles. The van der Waals surface area contributed by atoms with Crippen LogP contribution in [0.3, 0.4) is 0 Å². The molecule has 1 unspecified atom stereocenters. The van der Waals surface area contributed by atoms with Crippen molar-refractivity contribution in [1.82, 2.24) is 5.32 Å². The molecule has 19 heavy (non-hydrogen) atoms. The van der Waals surface area contributed by atoms with Crippen molar-refractivity contribution in [2.24, 2.45) is 5.73 Å². The molecule has 1 rings (SSSR count). The van der Waals surface area contributed by atoms with Crippen molar-refractivity contribution in [2.75, 3.05) is 12.0 Å². The summed E-state index contributed by atoms with van der Waals surface area (Å²) < 4.78 is 22.0. The Morgan fingerprint density at radius 3 is 2.42 bits per heavy atom. The van der Waals surface area contributed by atoms with E-state index in [1.54, 1.807) is 0 Å². The lowest BCUT2D eigenvalue weighted by Crippen LogP contribution is -2.42. The fourth-order valence-electron chi connectivity index (χ4n) is 1.62. The standard InChI is InChI=1S/C13H20N2O3S/c1-10(11-6-4-3-5-7-11)15-13(16)12(14)8-9-19(2,17)18/h3-7,10,12H,8-9,14H2,1-2H3,(H,15,16)/t10-,12?/m0/s1. The minimum atomic E-state index is -3.09. The molecule has 0 fully saturated rings. The van der Waals surface area contributed by atoms with Crippen molar-refractivity contribution >= 4 is 15.7 Å². The lowest BCUT2D eigenvalue weighted by Gasteiger charge is -2.17. The van der Waals surface area contributed by atoms with Gasteiger partial charge in [0, 0.05) is 6.26 Å². The largest absolute Gasteiger partial charge is 0.348 e. The minimum absolute atomic E-state index is 0.0820. The van der Waals surface area contributed by atoms with E-state index >= 15 is 0 Å². The molecular formula is C13H20N2O3S. The summed E-state index contributed by atoms with van der Waals surface area (Å²) in [4.78, 5) is 11.8. The zero-order valence-corrected chi connectivity index (χ0v) is 12.0. The summed E-state index contributed by atoms with van der Waals surface area (Å²) in [7, 11) is -3.09. The molecule has 106 valence electrons. The summed E-state index contributed by atoms with van der Waals surface area (Å²) in [6.07, 6.45) is 1.26. The van der Waals surface area contributed by atoms with Crippen LogP contribution in [0.4, 0.5) is 0 Å². The van der Waals surface area contributed by atoms with Gasteiger partial charge in [-0.3, -0.25) is 4.79 Å². The van der Waals surface area contributed by atoms with Gasteiger partial charge in [-0.1, -0.05) is 30.3 Å². The highest BCUT2D eigenvalue weighted by molar-refractivity contribution is 7.90. The van der Waals surface area contributed by atoms with Gasteiger partial charge in [0.25, 0.3) is 0 Å². The molecule has 0 aliphatic carbocycles. The van der Waals surface area contributed by atoms with Gasteiger partial charge in [-0.15, -0.1) is 0 Å². The monoisotopic (exact) mass is 284 g/mol. The first-order chi connectivity index (χ1) is 8.79. The maximum atomic E-state index is 11.8. The van der Waals surface area contributed by atoms with Crippen molar-refractivity contribution in [2.45, 2.75) is 25.4 Å². The second kappa shape index (κ2) is 6.68. The van der Waals surface area contributed by atoms with E-state index < -0.39 is 15.9 Å². The van der Waals surface area contributed by atoms with E-state index in [0.717, 1.165) is 11.8 Å². The second-order valence-corrected chi connectivity index (χ2v) is 6.93. The number of nitrogens with one attached hydrogen (secondary N) is 1. The van der Waals surface area contributed by atoms with E-state index in [2.05, 4.69) is 5.32 Å². The molecule has 0 aromatic heterocycles. The van der Waals surface area contributed by atoms with Crippen LogP contribution >= 0.6 is 0 Å². The highest BCUT2D eigenvalue weighted by Gasteiger charge is 2.18. The maximum Gasteiger partial charge on any atom is 0.237 e. The van der Waals surface area contributed by atoms with Crippen LogP contribution in [0.2, 0.25) is 0 Å². The number of benzene rings is 1. The van der Waals surface area contributed by atoms with Gasteiger partial charge in [0.15, 0.2) is 0 Å². The van der Waals surface area contributed by atoms with Gasteiger partial charge in [-0.25, -0.2) is 8.42 Å². The van der Waals surface area contributed by atoms with Crippen molar-refractivity contribution in [3.8, 4) is 0 Å². The first-order valence-electron chi connectivity index (χ1n) is 6.08. The highest BCUT2D eigenvalue weighted by atomic mass is 32.2. The number of amides is 1. The van der Waals surface area contributed by atoms with Crippen LogP contribution in [0, 0.1) is 0 Å². The number of hydrogen-bond donors (Lipinski definition) is 2. The van der Waals surface area contributed by atoms with Gasteiger partial charge in [-0.05, 0) is 18.9 Å². The molecule has 1 amide bonds. The summed E-state index contributed by atoms with van der Waals surface area (Å²) in [6, 6.07) is 8.54. The maximum absolute atomic E-state index is 11.8. The van der Waals surface area contributed by atoms with Crippen LogP contribution in [-0.2, 0) is 14.6 Å². The zero-order valence-electron chi connectivity index (χ0n) is 11.2. The molecule has 5 nitrogen and oxygen atoms in total. The van der Waals surface area contributed by atoms with Crippen LogP contribution in [-0.4, -0.2) is 32.4 Å². The Morgan fingerprint density at radius 1 is 1.32 bits per heavy atom. The van der Waals surface area contributed by atoms with Crippen molar-refractivity contribution in [3.05, 3.63) is 35.9 Å². The predicted molar refractivity (Wildman–Crippen MR) is 75.3 cm³/mol. The molecule has 3 N–H and O–H groups in total. The van der Waals surface area contributed by atoms with E-state index in [4.69, 9.17) is 5.73 Å². The van der Waals surface area contributed by atoms with Crippen LogP contribution < -0.4 is 11.1 Å². The summed E-state index contributed by atoms with van der Waals surface area (Å²) >= 11 is 0. The Bertz CT molecular complexity index is 514. The van der Waals surface area contributed by atoms with E-state index in [0.29, 0.717) is 0 Å². The average Bonchev–Trinajstić information content (AvgIpc) is 2.36. The first kappa shape index (κ1) is 15.7. The van der Waals surface area contributed by atoms with Gasteiger partial charge in [-0.2, -0.15) is 0 Å². The fourth-order valence-corrected chi connectivity index (χ4v) is 2.30. The van der Waals surface area contributed by atoms with Crippen LogP contribution in [0.15, 0.2) is 30.3 Å². The Labute approximate surface area is 114 Å². The predicted octanol–water partition coefficient (Wildman–Crippen LogP) is 0.626. The lowest BCUT2D eigenvalue weighted by molar-refractivity contribution is -0.123. The molecule has 0 saturated carbocycles. The summed E-state index contributed by atoms with van der Waals surface area (Å²) in [5.74, 6) is -0.415. The van der Waals surface area contributed by atoms with Gasteiger partial charge in [0.05, 0.1) is 17.8 Å². The molecule has 1 aromatic carbocycles. The fraction of sp³-hybridized carbons (Fsp3) is 0.462. The van der Waals surface area contributed by atoms with E-state index in [-0.39, 0.29) is 24.1 Å². The smallest absolute Gasteiger partial charge is 0.237 e. The Morgan fingerprint density at radius 2 is 1.89 bits per heavy atom. The van der Waals surface area contributed by atoms with Gasteiger partial charge in [0.1, 0.15) is 9.84 Å². The zero-order chi connectivity index (χ0) is 14.5. The van der Waals surface area contributed by atoms with Gasteiger partial charge < -0.3 is 11.1 Å². The molecule has 0 aliphatic heterocycles. The second-order valence-electron chi connectivity index (χ2n) is 4.67. The molecule has 2 atom stereocenters. The van der Waals surface area contributed by atoms with Crippen LogP contribution in [0.25, 0.3) is 0 Å². The summed E-state index contributed by atoms with van der Waals surface area (Å²) in [6.45, 7) is 1.86. The van der Waals surface area contributed by atoms with E-state index in [1.807, 2.05) is 37.3 Å². The quantitative estimate of drug-likeness (QED) is 0.801. The molecule has 0 spiro atoms. The number of hydrogen-bond acceptors (Lipinski definition) is 4. The molecule has 6 heteroatoms. The number of carbonyl (C=O) groups is 1. The van der Waals surface area contributed by atoms with Crippen molar-refractivity contribution in [1.29, 1.82) is 0 Å². The summed E-state index contributed by atoms with van der Waals surface area (Å²) in [5, 5.41) is 2.77. The number of sulfone groups is 1. The Kier molecular flexibility index (Phi) is 5.50.